The van der Waals surface area contributed by atoms with Gasteiger partial charge in [0, 0.05) is 18.2 Å². The second-order valence-electron chi connectivity index (χ2n) is 6.12. The third-order valence-corrected chi connectivity index (χ3v) is 5.33. The van der Waals surface area contributed by atoms with Crippen molar-refractivity contribution in [2.45, 2.75) is 12.5 Å². The molecular weight excluding hydrogens is 372 g/mol. The maximum Gasteiger partial charge on any atom is 0.310 e. The van der Waals surface area contributed by atoms with E-state index in [4.69, 9.17) is 4.74 Å². The summed E-state index contributed by atoms with van der Waals surface area (Å²) < 4.78 is 4.92. The lowest BCUT2D eigenvalue weighted by molar-refractivity contribution is -0.145. The van der Waals surface area contributed by atoms with E-state index in [-0.39, 0.29) is 36.9 Å². The number of halogens is 1. The Hall–Kier alpha value is -1.76. The van der Waals surface area contributed by atoms with Gasteiger partial charge in [-0.05, 0) is 22.8 Å². The molecule has 3 rings (SSSR count). The predicted molar refractivity (Wildman–Crippen MR) is 108 cm³/mol. The molecule has 2 unspecified atom stereocenters. The molecule has 0 radical (unpaired) electrons. The Labute approximate surface area is 163 Å². The van der Waals surface area contributed by atoms with Gasteiger partial charge in [0.05, 0.1) is 19.1 Å². The largest absolute Gasteiger partial charge is 0.469 e. The molecular formula is C19H23ClN2O3S. The maximum atomic E-state index is 12.1. The van der Waals surface area contributed by atoms with Crippen LogP contribution in [-0.2, 0) is 20.7 Å². The molecule has 140 valence electrons. The number of hydrogen-bond donors (Lipinski definition) is 2. The van der Waals surface area contributed by atoms with Gasteiger partial charge in [-0.1, -0.05) is 42.5 Å². The molecule has 2 N–H and O–H groups in total. The summed E-state index contributed by atoms with van der Waals surface area (Å²) in [6.45, 7) is 0.279. The van der Waals surface area contributed by atoms with Crippen LogP contribution >= 0.6 is 24.2 Å². The predicted octanol–water partition coefficient (Wildman–Crippen LogP) is 2.37. The number of thioether (sulfide) groups is 1. The Balaban J connectivity index is 0.00000243. The Kier molecular flexibility index (Phi) is 7.75. The highest BCUT2D eigenvalue weighted by atomic mass is 35.5. The van der Waals surface area contributed by atoms with E-state index in [0.717, 1.165) is 22.6 Å². The molecule has 1 fully saturated rings. The number of carbonyl (C=O) groups is 2. The minimum Gasteiger partial charge on any atom is -0.469 e. The molecule has 1 amide bonds. The number of methoxy groups -OCH3 is 1. The van der Waals surface area contributed by atoms with E-state index < -0.39 is 5.92 Å². The number of benzene rings is 2. The number of fused-ring (bicyclic) bond motifs is 1. The summed E-state index contributed by atoms with van der Waals surface area (Å²) in [4.78, 5) is 24.3. The Morgan fingerprint density at radius 3 is 2.73 bits per heavy atom. The van der Waals surface area contributed by atoms with Gasteiger partial charge in [0.1, 0.15) is 0 Å². The van der Waals surface area contributed by atoms with Crippen molar-refractivity contribution in [3.8, 4) is 0 Å². The van der Waals surface area contributed by atoms with Crippen molar-refractivity contribution in [3.05, 3.63) is 48.0 Å². The number of nitrogens with one attached hydrogen (secondary N) is 2. The van der Waals surface area contributed by atoms with Gasteiger partial charge in [-0.25, -0.2) is 0 Å². The Bertz CT molecular complexity index is 765. The number of amides is 1. The van der Waals surface area contributed by atoms with Crippen LogP contribution in [0.3, 0.4) is 0 Å². The number of esters is 1. The van der Waals surface area contributed by atoms with Crippen LogP contribution < -0.4 is 10.6 Å². The average molecular weight is 395 g/mol. The van der Waals surface area contributed by atoms with Crippen LogP contribution in [0, 0.1) is 5.92 Å². The van der Waals surface area contributed by atoms with Crippen LogP contribution in [0.4, 0.5) is 0 Å². The summed E-state index contributed by atoms with van der Waals surface area (Å²) >= 11 is 1.70. The molecule has 2 atom stereocenters. The van der Waals surface area contributed by atoms with Crippen LogP contribution in [-0.4, -0.2) is 43.2 Å². The van der Waals surface area contributed by atoms with Crippen LogP contribution in [0.15, 0.2) is 42.5 Å². The summed E-state index contributed by atoms with van der Waals surface area (Å²) in [7, 11) is 1.38. The van der Waals surface area contributed by atoms with Crippen molar-refractivity contribution in [1.29, 1.82) is 0 Å². The number of rotatable bonds is 6. The fraction of sp³-hybridized carbons (Fsp3) is 0.368. The fourth-order valence-corrected chi connectivity index (χ4v) is 3.91. The van der Waals surface area contributed by atoms with Gasteiger partial charge < -0.3 is 10.1 Å². The van der Waals surface area contributed by atoms with Gasteiger partial charge in [-0.15, -0.1) is 24.2 Å². The topological polar surface area (TPSA) is 67.4 Å². The smallest absolute Gasteiger partial charge is 0.310 e. The molecule has 2 aromatic carbocycles. The Morgan fingerprint density at radius 1 is 1.27 bits per heavy atom. The number of ether oxygens (including phenoxy) is 1. The summed E-state index contributed by atoms with van der Waals surface area (Å²) in [5, 5.41) is 8.31. The quantitative estimate of drug-likeness (QED) is 0.736. The van der Waals surface area contributed by atoms with Gasteiger partial charge in [-0.2, -0.15) is 0 Å². The zero-order valence-corrected chi connectivity index (χ0v) is 16.2. The highest BCUT2D eigenvalue weighted by molar-refractivity contribution is 7.99. The zero-order chi connectivity index (χ0) is 17.6. The molecule has 0 bridgehead atoms. The van der Waals surface area contributed by atoms with Gasteiger partial charge >= 0.3 is 5.97 Å². The minimum absolute atomic E-state index is 0. The first-order valence-corrected chi connectivity index (χ1v) is 9.47. The SMILES string of the molecule is COC(=O)C(CNC(=O)C1CSCN1)Cc1ccc2ccccc2c1.Cl. The van der Waals surface area contributed by atoms with Crippen molar-refractivity contribution in [2.24, 2.45) is 5.92 Å². The summed E-state index contributed by atoms with van der Waals surface area (Å²) in [5.74, 6) is 0.790. The van der Waals surface area contributed by atoms with E-state index >= 15 is 0 Å². The first kappa shape index (κ1) is 20.6. The molecule has 7 heteroatoms. The summed E-state index contributed by atoms with van der Waals surface area (Å²) in [6.07, 6.45) is 0.532. The van der Waals surface area contributed by atoms with E-state index in [0.29, 0.717) is 6.42 Å². The molecule has 0 spiro atoms. The van der Waals surface area contributed by atoms with Crippen molar-refractivity contribution in [1.82, 2.24) is 10.6 Å². The third kappa shape index (κ3) is 5.13. The molecule has 1 heterocycles. The van der Waals surface area contributed by atoms with Gasteiger partial charge in [0.15, 0.2) is 0 Å². The Morgan fingerprint density at radius 2 is 2.04 bits per heavy atom. The van der Waals surface area contributed by atoms with Crippen LogP contribution in [0.1, 0.15) is 5.56 Å². The normalized spacial score (nSPS) is 17.3. The van der Waals surface area contributed by atoms with Crippen LogP contribution in [0.2, 0.25) is 0 Å². The van der Waals surface area contributed by atoms with Gasteiger partial charge in [0.2, 0.25) is 5.91 Å². The molecule has 5 nitrogen and oxygen atoms in total. The lowest BCUT2D eigenvalue weighted by atomic mass is 9.97. The first-order chi connectivity index (χ1) is 12.2. The van der Waals surface area contributed by atoms with Crippen LogP contribution in [0.5, 0.6) is 0 Å². The molecule has 0 aliphatic carbocycles. The second kappa shape index (κ2) is 9.80. The van der Waals surface area contributed by atoms with E-state index in [1.54, 1.807) is 11.8 Å². The zero-order valence-electron chi connectivity index (χ0n) is 14.6. The fourth-order valence-electron chi connectivity index (χ4n) is 2.97. The van der Waals surface area contributed by atoms with Crippen molar-refractivity contribution < 1.29 is 14.3 Å². The van der Waals surface area contributed by atoms with E-state index in [2.05, 4.69) is 34.9 Å². The average Bonchev–Trinajstić information content (AvgIpc) is 3.19. The minimum atomic E-state index is -0.399. The van der Waals surface area contributed by atoms with E-state index in [9.17, 15) is 9.59 Å². The standard InChI is InChI=1S/C19H22N2O3S.ClH/c1-24-19(23)16(10-20-18(22)17-11-25-12-21-17)9-13-6-7-14-4-2-3-5-15(14)8-13;/h2-8,16-17,21H,9-12H2,1H3,(H,20,22);1H. The lowest BCUT2D eigenvalue weighted by Gasteiger charge is -2.17. The first-order valence-electron chi connectivity index (χ1n) is 8.31. The van der Waals surface area contributed by atoms with Crippen molar-refractivity contribution in [3.63, 3.8) is 0 Å². The molecule has 26 heavy (non-hydrogen) atoms. The van der Waals surface area contributed by atoms with Crippen LogP contribution in [0.25, 0.3) is 10.8 Å². The second-order valence-corrected chi connectivity index (χ2v) is 7.15. The molecule has 2 aromatic rings. The summed E-state index contributed by atoms with van der Waals surface area (Å²) in [6, 6.07) is 14.1. The molecule has 1 aliphatic rings. The number of hydrogen-bond acceptors (Lipinski definition) is 5. The van der Waals surface area contributed by atoms with Gasteiger partial charge in [0.25, 0.3) is 0 Å². The molecule has 0 saturated carbocycles. The highest BCUT2D eigenvalue weighted by Gasteiger charge is 2.25. The van der Waals surface area contributed by atoms with E-state index in [1.807, 2.05) is 18.2 Å². The molecule has 1 saturated heterocycles. The molecule has 1 aliphatic heterocycles. The van der Waals surface area contributed by atoms with E-state index in [1.165, 1.54) is 12.5 Å². The van der Waals surface area contributed by atoms with Crippen molar-refractivity contribution in [2.75, 3.05) is 25.3 Å². The monoisotopic (exact) mass is 394 g/mol. The third-order valence-electron chi connectivity index (χ3n) is 4.39. The molecule has 0 aromatic heterocycles. The lowest BCUT2D eigenvalue weighted by Crippen LogP contribution is -2.45. The highest BCUT2D eigenvalue weighted by Crippen LogP contribution is 2.18. The summed E-state index contributed by atoms with van der Waals surface area (Å²) in [5.41, 5.74) is 1.05. The van der Waals surface area contributed by atoms with Crippen molar-refractivity contribution >= 4 is 46.8 Å². The number of carbonyl (C=O) groups excluding carboxylic acids is 2. The maximum absolute atomic E-state index is 12.1. The van der Waals surface area contributed by atoms with Gasteiger partial charge in [-0.3, -0.25) is 14.9 Å².